The number of hydrogen-bond donors (Lipinski definition) is 1. The van der Waals surface area contributed by atoms with Gasteiger partial charge in [0.25, 0.3) is 0 Å². The number of rotatable bonds is 4. The first kappa shape index (κ1) is 13.0. The quantitative estimate of drug-likeness (QED) is 0.775. The maximum Gasteiger partial charge on any atom is 0.314 e. The lowest BCUT2D eigenvalue weighted by atomic mass is 10.00. The standard InChI is InChI=1S/C13H19N3O2/c1-18-13(17)12(11-3-2-4-15-9-11)10-16-7-5-14-6-8-16/h2-4,9,12,14H,5-8,10H2,1H3. The molecule has 18 heavy (non-hydrogen) atoms. The van der Waals surface area contributed by atoms with Crippen molar-refractivity contribution >= 4 is 5.97 Å². The Balaban J connectivity index is 2.07. The average Bonchev–Trinajstić information content (AvgIpc) is 2.46. The van der Waals surface area contributed by atoms with Gasteiger partial charge in [-0.2, -0.15) is 0 Å². The Bertz CT molecular complexity index is 377. The summed E-state index contributed by atoms with van der Waals surface area (Å²) in [6, 6.07) is 3.78. The lowest BCUT2D eigenvalue weighted by Crippen LogP contribution is -2.45. The Morgan fingerprint density at radius 2 is 2.33 bits per heavy atom. The second-order valence-electron chi connectivity index (χ2n) is 4.41. The molecule has 0 bridgehead atoms. The summed E-state index contributed by atoms with van der Waals surface area (Å²) in [4.78, 5) is 18.3. The van der Waals surface area contributed by atoms with Crippen molar-refractivity contribution in [2.24, 2.45) is 0 Å². The number of nitrogens with one attached hydrogen (secondary N) is 1. The molecule has 0 aromatic carbocycles. The molecule has 0 saturated carbocycles. The minimum absolute atomic E-state index is 0.193. The summed E-state index contributed by atoms with van der Waals surface area (Å²) in [5.74, 6) is -0.441. The Labute approximate surface area is 107 Å². The summed E-state index contributed by atoms with van der Waals surface area (Å²) in [5.41, 5.74) is 0.919. The van der Waals surface area contributed by atoms with E-state index in [0.717, 1.165) is 31.7 Å². The molecule has 98 valence electrons. The van der Waals surface area contributed by atoms with Crippen LogP contribution in [0.15, 0.2) is 24.5 Å². The number of aromatic nitrogens is 1. The summed E-state index contributed by atoms with van der Waals surface area (Å²) < 4.78 is 4.90. The van der Waals surface area contributed by atoms with Gasteiger partial charge in [-0.25, -0.2) is 0 Å². The van der Waals surface area contributed by atoms with Crippen molar-refractivity contribution in [3.05, 3.63) is 30.1 Å². The van der Waals surface area contributed by atoms with E-state index >= 15 is 0 Å². The zero-order chi connectivity index (χ0) is 12.8. The van der Waals surface area contributed by atoms with E-state index in [9.17, 15) is 4.79 Å². The van der Waals surface area contributed by atoms with Gasteiger partial charge in [0.15, 0.2) is 0 Å². The van der Waals surface area contributed by atoms with E-state index in [4.69, 9.17) is 4.74 Å². The zero-order valence-corrected chi connectivity index (χ0v) is 10.6. The number of hydrogen-bond acceptors (Lipinski definition) is 5. The van der Waals surface area contributed by atoms with Crippen LogP contribution in [0.1, 0.15) is 11.5 Å². The third-order valence-electron chi connectivity index (χ3n) is 3.22. The van der Waals surface area contributed by atoms with Gasteiger partial charge in [-0.3, -0.25) is 14.7 Å². The Kier molecular flexibility index (Phi) is 4.66. The number of methoxy groups -OCH3 is 1. The number of piperazine rings is 1. The van der Waals surface area contributed by atoms with Crippen molar-refractivity contribution in [3.63, 3.8) is 0 Å². The highest BCUT2D eigenvalue weighted by molar-refractivity contribution is 5.78. The van der Waals surface area contributed by atoms with Gasteiger partial charge in [0.2, 0.25) is 0 Å². The monoisotopic (exact) mass is 249 g/mol. The minimum atomic E-state index is -0.248. The Morgan fingerprint density at radius 3 is 2.94 bits per heavy atom. The van der Waals surface area contributed by atoms with Gasteiger partial charge in [-0.05, 0) is 11.6 Å². The van der Waals surface area contributed by atoms with Gasteiger partial charge in [-0.15, -0.1) is 0 Å². The molecule has 1 aromatic heterocycles. The number of ether oxygens (including phenoxy) is 1. The largest absolute Gasteiger partial charge is 0.469 e. The molecule has 2 heterocycles. The molecule has 5 nitrogen and oxygen atoms in total. The van der Waals surface area contributed by atoms with Crippen molar-refractivity contribution in [3.8, 4) is 0 Å². The van der Waals surface area contributed by atoms with Crippen molar-refractivity contribution in [2.75, 3.05) is 39.8 Å². The van der Waals surface area contributed by atoms with E-state index in [0.29, 0.717) is 6.54 Å². The summed E-state index contributed by atoms with van der Waals surface area (Å²) in [6.45, 7) is 4.57. The number of nitrogens with zero attached hydrogens (tertiary/aromatic N) is 2. The van der Waals surface area contributed by atoms with Gasteiger partial charge in [-0.1, -0.05) is 6.07 Å². The average molecular weight is 249 g/mol. The fourth-order valence-corrected chi connectivity index (χ4v) is 2.19. The topological polar surface area (TPSA) is 54.5 Å². The van der Waals surface area contributed by atoms with Crippen LogP contribution in [0.3, 0.4) is 0 Å². The van der Waals surface area contributed by atoms with Gasteiger partial charge in [0.1, 0.15) is 0 Å². The first-order chi connectivity index (χ1) is 8.81. The normalized spacial score (nSPS) is 18.3. The lowest BCUT2D eigenvalue weighted by molar-refractivity contribution is -0.143. The minimum Gasteiger partial charge on any atom is -0.469 e. The third kappa shape index (κ3) is 3.27. The summed E-state index contributed by atoms with van der Waals surface area (Å²) in [6.07, 6.45) is 3.45. The van der Waals surface area contributed by atoms with Crippen LogP contribution in [0, 0.1) is 0 Å². The van der Waals surface area contributed by atoms with E-state index in [1.807, 2.05) is 12.1 Å². The Hall–Kier alpha value is -1.46. The Morgan fingerprint density at radius 1 is 1.56 bits per heavy atom. The van der Waals surface area contributed by atoms with Crippen LogP contribution in [0.5, 0.6) is 0 Å². The molecular weight excluding hydrogens is 230 g/mol. The third-order valence-corrected chi connectivity index (χ3v) is 3.22. The molecule has 5 heteroatoms. The SMILES string of the molecule is COC(=O)C(CN1CCNCC1)c1cccnc1. The lowest BCUT2D eigenvalue weighted by Gasteiger charge is -2.30. The van der Waals surface area contributed by atoms with Crippen LogP contribution >= 0.6 is 0 Å². The fourth-order valence-electron chi connectivity index (χ4n) is 2.19. The molecule has 1 saturated heterocycles. The highest BCUT2D eigenvalue weighted by Crippen LogP contribution is 2.18. The smallest absolute Gasteiger partial charge is 0.314 e. The summed E-state index contributed by atoms with van der Waals surface area (Å²) in [7, 11) is 1.43. The first-order valence-electron chi connectivity index (χ1n) is 6.22. The molecule has 0 radical (unpaired) electrons. The van der Waals surface area contributed by atoms with Crippen molar-refractivity contribution in [2.45, 2.75) is 5.92 Å². The maximum absolute atomic E-state index is 11.9. The first-order valence-corrected chi connectivity index (χ1v) is 6.22. The molecular formula is C13H19N3O2. The van der Waals surface area contributed by atoms with E-state index in [1.165, 1.54) is 7.11 Å². The van der Waals surface area contributed by atoms with Gasteiger partial charge in [0.05, 0.1) is 13.0 Å². The highest BCUT2D eigenvalue weighted by Gasteiger charge is 2.25. The predicted octanol–water partition coefficient (Wildman–Crippen LogP) is 0.243. The van der Waals surface area contributed by atoms with Gasteiger partial charge >= 0.3 is 5.97 Å². The highest BCUT2D eigenvalue weighted by atomic mass is 16.5. The van der Waals surface area contributed by atoms with E-state index < -0.39 is 0 Å². The van der Waals surface area contributed by atoms with Crippen molar-refractivity contribution < 1.29 is 9.53 Å². The van der Waals surface area contributed by atoms with Gasteiger partial charge < -0.3 is 10.1 Å². The molecule has 1 fully saturated rings. The molecule has 1 unspecified atom stereocenters. The number of carbonyl (C=O) groups is 1. The van der Waals surface area contributed by atoms with Crippen LogP contribution in [0.4, 0.5) is 0 Å². The van der Waals surface area contributed by atoms with Crippen LogP contribution in [0.2, 0.25) is 0 Å². The molecule has 0 spiro atoms. The molecule has 1 N–H and O–H groups in total. The maximum atomic E-state index is 11.9. The van der Waals surface area contributed by atoms with Crippen LogP contribution in [0.25, 0.3) is 0 Å². The van der Waals surface area contributed by atoms with E-state index in [2.05, 4.69) is 15.2 Å². The second kappa shape index (κ2) is 6.47. The summed E-state index contributed by atoms with van der Waals surface area (Å²) >= 11 is 0. The zero-order valence-electron chi connectivity index (χ0n) is 10.6. The van der Waals surface area contributed by atoms with E-state index in [-0.39, 0.29) is 11.9 Å². The van der Waals surface area contributed by atoms with Crippen LogP contribution < -0.4 is 5.32 Å². The molecule has 1 aliphatic heterocycles. The fraction of sp³-hybridized carbons (Fsp3) is 0.538. The summed E-state index contributed by atoms with van der Waals surface area (Å²) in [5, 5.41) is 3.30. The molecule has 1 aromatic rings. The predicted molar refractivity (Wildman–Crippen MR) is 68.3 cm³/mol. The van der Waals surface area contributed by atoms with Crippen LogP contribution in [-0.2, 0) is 9.53 Å². The number of esters is 1. The number of carbonyl (C=O) groups excluding carboxylic acids is 1. The van der Waals surface area contributed by atoms with Crippen molar-refractivity contribution in [1.82, 2.24) is 15.2 Å². The molecule has 1 aliphatic rings. The second-order valence-corrected chi connectivity index (χ2v) is 4.41. The molecule has 0 amide bonds. The van der Waals surface area contributed by atoms with Crippen LogP contribution in [-0.4, -0.2) is 55.7 Å². The molecule has 1 atom stereocenters. The number of pyridine rings is 1. The molecule has 2 rings (SSSR count). The van der Waals surface area contributed by atoms with Crippen molar-refractivity contribution in [1.29, 1.82) is 0 Å². The van der Waals surface area contributed by atoms with Gasteiger partial charge in [0, 0.05) is 45.1 Å². The molecule has 0 aliphatic carbocycles. The van der Waals surface area contributed by atoms with E-state index in [1.54, 1.807) is 12.4 Å².